The van der Waals surface area contributed by atoms with Gasteiger partial charge in [0.25, 0.3) is 0 Å². The first-order valence-corrected chi connectivity index (χ1v) is 6.45. The van der Waals surface area contributed by atoms with Crippen molar-refractivity contribution < 1.29 is 9.90 Å². The van der Waals surface area contributed by atoms with Crippen molar-refractivity contribution in [1.29, 1.82) is 0 Å². The molecule has 0 amide bonds. The van der Waals surface area contributed by atoms with Gasteiger partial charge in [-0.2, -0.15) is 0 Å². The zero-order valence-electron chi connectivity index (χ0n) is 8.75. The van der Waals surface area contributed by atoms with Crippen LogP contribution in [0.4, 0.5) is 0 Å². The predicted octanol–water partition coefficient (Wildman–Crippen LogP) is 2.00. The largest absolute Gasteiger partial charge is 0.476 e. The highest BCUT2D eigenvalue weighted by atomic mass is 32.3. The van der Waals surface area contributed by atoms with Crippen LogP contribution >= 0.6 is 10.2 Å². The Morgan fingerprint density at radius 3 is 2.88 bits per heavy atom. The smallest absolute Gasteiger partial charge is 0.361 e. The third kappa shape index (κ3) is 1.64. The van der Waals surface area contributed by atoms with Crippen LogP contribution in [0.5, 0.6) is 0 Å². The summed E-state index contributed by atoms with van der Waals surface area (Å²) in [5.41, 5.74) is 1.06. The predicted molar refractivity (Wildman–Crippen MR) is 65.4 cm³/mol. The molecule has 1 heterocycles. The molecule has 1 atom stereocenters. The fourth-order valence-corrected chi connectivity index (χ4v) is 3.53. The van der Waals surface area contributed by atoms with Gasteiger partial charge in [0, 0.05) is 11.1 Å². The van der Waals surface area contributed by atoms with E-state index in [1.54, 1.807) is 5.41 Å². The van der Waals surface area contributed by atoms with E-state index in [2.05, 4.69) is 4.99 Å². The van der Waals surface area contributed by atoms with E-state index in [0.717, 1.165) is 10.5 Å². The van der Waals surface area contributed by atoms with Gasteiger partial charge in [0.15, 0.2) is 5.04 Å². The molecule has 84 valence electrons. The van der Waals surface area contributed by atoms with Crippen LogP contribution in [-0.2, 0) is 4.79 Å². The van der Waals surface area contributed by atoms with Crippen molar-refractivity contribution in [3.63, 3.8) is 0 Å². The van der Waals surface area contributed by atoms with Crippen LogP contribution in [0.25, 0.3) is 0 Å². The molecule has 1 aliphatic heterocycles. The third-order valence-corrected chi connectivity index (χ3v) is 4.85. The van der Waals surface area contributed by atoms with Gasteiger partial charge in [-0.25, -0.2) is 9.79 Å². The van der Waals surface area contributed by atoms with Gasteiger partial charge >= 0.3 is 5.97 Å². The second-order valence-corrected chi connectivity index (χ2v) is 6.10. The number of aliphatic imine (C=N–C) groups is 1. The standard InChI is InChI=1S/C11H12N2O2S/c1-8-3-2-4-9(7-8)16(12)6-5-13-10(16)11(14)15/h2-7H,12H2,1H3,(H,14,15). The number of aliphatic carboxylic acids is 1. The Balaban J connectivity index is 2.51. The van der Waals surface area contributed by atoms with Crippen molar-refractivity contribution in [3.05, 3.63) is 41.4 Å². The number of nitrogens with two attached hydrogens (primary N) is 1. The second-order valence-electron chi connectivity index (χ2n) is 3.55. The van der Waals surface area contributed by atoms with E-state index >= 15 is 0 Å². The van der Waals surface area contributed by atoms with Crippen molar-refractivity contribution in [2.75, 3.05) is 0 Å². The van der Waals surface area contributed by atoms with Gasteiger partial charge in [-0.05, 0) is 24.5 Å². The Hall–Kier alpha value is -1.59. The minimum Gasteiger partial charge on any atom is -0.476 e. The number of carboxylic acid groups (broad SMARTS) is 1. The Kier molecular flexibility index (Phi) is 2.57. The van der Waals surface area contributed by atoms with E-state index in [-0.39, 0.29) is 5.04 Å². The number of rotatable bonds is 2. The van der Waals surface area contributed by atoms with Crippen LogP contribution in [0.3, 0.4) is 0 Å². The van der Waals surface area contributed by atoms with E-state index in [4.69, 9.17) is 10.2 Å². The third-order valence-electron chi connectivity index (χ3n) is 2.35. The first kappa shape index (κ1) is 10.9. The molecule has 0 fully saturated rings. The van der Waals surface area contributed by atoms with Crippen LogP contribution in [-0.4, -0.2) is 16.1 Å². The summed E-state index contributed by atoms with van der Waals surface area (Å²) in [5, 5.41) is 17.0. The average Bonchev–Trinajstić information content (AvgIpc) is 2.62. The molecule has 0 aromatic heterocycles. The minimum absolute atomic E-state index is 0.0399. The SMILES string of the molecule is Cc1cccc(S2(N)C=CN=C2C(=O)O)c1. The molecule has 3 N–H and O–H groups in total. The summed E-state index contributed by atoms with van der Waals surface area (Å²) in [4.78, 5) is 15.7. The summed E-state index contributed by atoms with van der Waals surface area (Å²) in [6.07, 6.45) is 1.47. The molecule has 4 nitrogen and oxygen atoms in total. The highest BCUT2D eigenvalue weighted by molar-refractivity contribution is 8.47. The quantitative estimate of drug-likeness (QED) is 0.824. The number of aryl methyl sites for hydroxylation is 1. The highest BCUT2D eigenvalue weighted by Gasteiger charge is 2.33. The first-order chi connectivity index (χ1) is 7.54. The molecule has 0 aliphatic carbocycles. The first-order valence-electron chi connectivity index (χ1n) is 4.69. The molecule has 0 bridgehead atoms. The summed E-state index contributed by atoms with van der Waals surface area (Å²) >= 11 is 0. The van der Waals surface area contributed by atoms with Gasteiger partial charge in [-0.1, -0.05) is 27.9 Å². The normalized spacial score (nSPS) is 27.2. The van der Waals surface area contributed by atoms with Gasteiger partial charge in [0.05, 0.1) is 0 Å². The zero-order valence-corrected chi connectivity index (χ0v) is 9.57. The second kappa shape index (κ2) is 3.77. The summed E-state index contributed by atoms with van der Waals surface area (Å²) < 4.78 is 0. The molecule has 5 heteroatoms. The van der Waals surface area contributed by atoms with Crippen molar-refractivity contribution in [1.82, 2.24) is 0 Å². The van der Waals surface area contributed by atoms with Gasteiger partial charge in [0.2, 0.25) is 0 Å². The lowest BCUT2D eigenvalue weighted by Gasteiger charge is -2.28. The summed E-state index contributed by atoms with van der Waals surface area (Å²) in [5.74, 6) is -1.05. The monoisotopic (exact) mass is 236 g/mol. The number of carboxylic acids is 1. The Labute approximate surface area is 94.9 Å². The molecular formula is C11H12N2O2S. The van der Waals surface area contributed by atoms with Crippen molar-refractivity contribution in [3.8, 4) is 0 Å². The number of benzene rings is 1. The lowest BCUT2D eigenvalue weighted by atomic mass is 10.2. The molecule has 0 saturated carbocycles. The number of hydrogen-bond acceptors (Lipinski definition) is 3. The number of nitrogens with zero attached hydrogens (tertiary/aromatic N) is 1. The van der Waals surface area contributed by atoms with Crippen LogP contribution < -0.4 is 5.14 Å². The number of hydrogen-bond donors (Lipinski definition) is 2. The fraction of sp³-hybridized carbons (Fsp3) is 0.0909. The summed E-state index contributed by atoms with van der Waals surface area (Å²) in [6.45, 7) is 1.95. The van der Waals surface area contributed by atoms with Crippen LogP contribution in [0.1, 0.15) is 5.56 Å². The molecule has 1 aliphatic rings. The van der Waals surface area contributed by atoms with E-state index in [1.165, 1.54) is 6.20 Å². The zero-order chi connectivity index (χ0) is 11.8. The van der Waals surface area contributed by atoms with Crippen molar-refractivity contribution >= 4 is 21.2 Å². The lowest BCUT2D eigenvalue weighted by molar-refractivity contribution is -0.129. The summed E-state index contributed by atoms with van der Waals surface area (Å²) in [6, 6.07) is 7.57. The Morgan fingerprint density at radius 1 is 1.50 bits per heavy atom. The lowest BCUT2D eigenvalue weighted by Crippen LogP contribution is -2.24. The van der Waals surface area contributed by atoms with E-state index < -0.39 is 16.2 Å². The van der Waals surface area contributed by atoms with Crippen LogP contribution in [0, 0.1) is 6.92 Å². The van der Waals surface area contributed by atoms with Crippen molar-refractivity contribution in [2.45, 2.75) is 11.8 Å². The maximum Gasteiger partial charge on any atom is 0.361 e. The molecular weight excluding hydrogens is 224 g/mol. The number of carbonyl (C=O) groups is 1. The molecule has 1 unspecified atom stereocenters. The van der Waals surface area contributed by atoms with E-state index in [1.807, 2.05) is 31.2 Å². The topological polar surface area (TPSA) is 75.7 Å². The molecule has 0 radical (unpaired) electrons. The van der Waals surface area contributed by atoms with Gasteiger partial charge in [-0.3, -0.25) is 5.14 Å². The Bertz CT molecular complexity index is 510. The average molecular weight is 236 g/mol. The molecule has 0 spiro atoms. The van der Waals surface area contributed by atoms with Gasteiger partial charge in [0.1, 0.15) is 0 Å². The van der Waals surface area contributed by atoms with Crippen molar-refractivity contribution in [2.24, 2.45) is 10.1 Å². The molecule has 2 rings (SSSR count). The van der Waals surface area contributed by atoms with Gasteiger partial charge < -0.3 is 5.11 Å². The Morgan fingerprint density at radius 2 is 2.25 bits per heavy atom. The van der Waals surface area contributed by atoms with E-state index in [0.29, 0.717) is 0 Å². The van der Waals surface area contributed by atoms with Crippen LogP contribution in [0.15, 0.2) is 45.8 Å². The fourth-order valence-electron chi connectivity index (χ4n) is 1.56. The summed E-state index contributed by atoms with van der Waals surface area (Å²) in [7, 11) is -2.08. The molecule has 16 heavy (non-hydrogen) atoms. The van der Waals surface area contributed by atoms with Crippen LogP contribution in [0.2, 0.25) is 0 Å². The molecule has 0 saturated heterocycles. The minimum atomic E-state index is -2.08. The maximum atomic E-state index is 11.0. The van der Waals surface area contributed by atoms with E-state index in [9.17, 15) is 4.79 Å². The van der Waals surface area contributed by atoms with Gasteiger partial charge in [-0.15, -0.1) is 0 Å². The highest BCUT2D eigenvalue weighted by Crippen LogP contribution is 2.54. The maximum absolute atomic E-state index is 11.0. The molecule has 1 aromatic carbocycles. The molecule has 1 aromatic rings.